The van der Waals surface area contributed by atoms with Crippen LogP contribution in [0, 0.1) is 0 Å². The van der Waals surface area contributed by atoms with Gasteiger partial charge in [-0.15, -0.1) is 5.10 Å². The molecule has 1 saturated heterocycles. The number of rotatable bonds is 4. The first-order valence-electron chi connectivity index (χ1n) is 8.45. The van der Waals surface area contributed by atoms with Gasteiger partial charge in [-0.2, -0.15) is 0 Å². The van der Waals surface area contributed by atoms with E-state index < -0.39 is 9.84 Å². The van der Waals surface area contributed by atoms with Gasteiger partial charge in [-0.05, 0) is 37.6 Å². The van der Waals surface area contributed by atoms with Crippen molar-refractivity contribution in [1.82, 2.24) is 24.5 Å². The molecule has 4 rings (SSSR count). The van der Waals surface area contributed by atoms with E-state index >= 15 is 0 Å². The Kier molecular flexibility index (Phi) is 4.68. The van der Waals surface area contributed by atoms with Crippen LogP contribution >= 0.6 is 11.5 Å². The second-order valence-electron chi connectivity index (χ2n) is 6.61. The van der Waals surface area contributed by atoms with Crippen molar-refractivity contribution in [3.8, 4) is 0 Å². The van der Waals surface area contributed by atoms with Crippen LogP contribution in [0.2, 0.25) is 0 Å². The summed E-state index contributed by atoms with van der Waals surface area (Å²) in [7, 11) is -3.26. The Morgan fingerprint density at radius 1 is 1.19 bits per heavy atom. The lowest BCUT2D eigenvalue weighted by Gasteiger charge is -2.31. The molecule has 0 N–H and O–H groups in total. The first-order chi connectivity index (χ1) is 12.5. The van der Waals surface area contributed by atoms with Gasteiger partial charge in [0, 0.05) is 42.6 Å². The monoisotopic (exact) mass is 389 g/mol. The smallest absolute Gasteiger partial charge is 0.188 e. The molecule has 0 bridgehead atoms. The molecule has 1 aliphatic heterocycles. The fourth-order valence-electron chi connectivity index (χ4n) is 3.48. The predicted octanol–water partition coefficient (Wildman–Crippen LogP) is 2.26. The van der Waals surface area contributed by atoms with Gasteiger partial charge < -0.3 is 0 Å². The number of piperidine rings is 1. The highest BCUT2D eigenvalue weighted by Crippen LogP contribution is 2.33. The summed E-state index contributed by atoms with van der Waals surface area (Å²) in [6, 6.07) is 6.08. The van der Waals surface area contributed by atoms with Crippen molar-refractivity contribution in [3.63, 3.8) is 0 Å². The van der Waals surface area contributed by atoms with E-state index in [2.05, 4.69) is 30.5 Å². The Bertz CT molecular complexity index is 1020. The fourth-order valence-corrected chi connectivity index (χ4v) is 5.21. The minimum atomic E-state index is -3.26. The number of likely N-dealkylation sites (tertiary alicyclic amines) is 1. The van der Waals surface area contributed by atoms with Gasteiger partial charge in [0.2, 0.25) is 0 Å². The Labute approximate surface area is 156 Å². The number of benzene rings is 1. The molecule has 1 aromatic carbocycles. The van der Waals surface area contributed by atoms with Gasteiger partial charge in [0.25, 0.3) is 0 Å². The second-order valence-corrected chi connectivity index (χ2v) is 9.57. The third kappa shape index (κ3) is 3.46. The molecule has 0 atom stereocenters. The summed E-state index contributed by atoms with van der Waals surface area (Å²) in [5.41, 5.74) is 3.67. The molecular weight excluding hydrogens is 370 g/mol. The van der Waals surface area contributed by atoms with E-state index in [-0.39, 0.29) is 5.92 Å². The van der Waals surface area contributed by atoms with Crippen LogP contribution in [0.1, 0.15) is 30.0 Å². The van der Waals surface area contributed by atoms with Crippen LogP contribution in [0.4, 0.5) is 0 Å². The Morgan fingerprint density at radius 2 is 1.96 bits per heavy atom. The molecule has 1 aliphatic rings. The molecule has 0 spiro atoms. The zero-order valence-corrected chi connectivity index (χ0v) is 16.0. The molecule has 0 radical (unpaired) electrons. The third-order valence-corrected chi connectivity index (χ3v) is 7.32. The van der Waals surface area contributed by atoms with Gasteiger partial charge in [-0.3, -0.25) is 14.9 Å². The summed E-state index contributed by atoms with van der Waals surface area (Å²) in [6.07, 6.45) is 6.41. The van der Waals surface area contributed by atoms with Crippen molar-refractivity contribution in [1.29, 1.82) is 0 Å². The number of sulfone groups is 1. The average molecular weight is 390 g/mol. The predicted molar refractivity (Wildman–Crippen MR) is 99.8 cm³/mol. The summed E-state index contributed by atoms with van der Waals surface area (Å²) in [5, 5.41) is 4.11. The van der Waals surface area contributed by atoms with Crippen molar-refractivity contribution in [2.45, 2.75) is 29.5 Å². The van der Waals surface area contributed by atoms with Gasteiger partial charge in [0.1, 0.15) is 0 Å². The van der Waals surface area contributed by atoms with E-state index in [1.54, 1.807) is 12.4 Å². The first-order valence-corrected chi connectivity index (χ1v) is 11.1. The number of para-hydroxylation sites is 1. The van der Waals surface area contributed by atoms with Crippen LogP contribution in [0.3, 0.4) is 0 Å². The van der Waals surface area contributed by atoms with Crippen molar-refractivity contribution < 1.29 is 8.42 Å². The highest BCUT2D eigenvalue weighted by atomic mass is 32.2. The average Bonchev–Trinajstić information content (AvgIpc) is 3.13. The van der Waals surface area contributed by atoms with Crippen molar-refractivity contribution in [2.24, 2.45) is 0 Å². The fraction of sp³-hybridized carbons (Fsp3) is 0.412. The summed E-state index contributed by atoms with van der Waals surface area (Å²) in [6.45, 7) is 2.60. The molecule has 2 aromatic heterocycles. The molecule has 3 aromatic rings. The van der Waals surface area contributed by atoms with Gasteiger partial charge in [-0.1, -0.05) is 16.6 Å². The zero-order valence-electron chi connectivity index (χ0n) is 14.4. The SMILES string of the molecule is CS(=O)(=O)c1snnc1C1CCN(Cc2cccc3nccnc23)CC1. The van der Waals surface area contributed by atoms with E-state index in [4.69, 9.17) is 0 Å². The van der Waals surface area contributed by atoms with Crippen molar-refractivity contribution in [2.75, 3.05) is 19.3 Å². The Morgan fingerprint density at radius 3 is 2.73 bits per heavy atom. The largest absolute Gasteiger partial charge is 0.299 e. The third-order valence-electron chi connectivity index (χ3n) is 4.77. The Balaban J connectivity index is 1.47. The molecule has 0 unspecified atom stereocenters. The Hall–Kier alpha value is -1.97. The van der Waals surface area contributed by atoms with Crippen molar-refractivity contribution in [3.05, 3.63) is 41.9 Å². The number of hydrogen-bond donors (Lipinski definition) is 0. The van der Waals surface area contributed by atoms with Crippen molar-refractivity contribution >= 4 is 32.4 Å². The molecule has 0 aliphatic carbocycles. The first kappa shape index (κ1) is 17.4. The maximum Gasteiger partial charge on any atom is 0.188 e. The van der Waals surface area contributed by atoms with Gasteiger partial charge in [0.05, 0.1) is 16.7 Å². The van der Waals surface area contributed by atoms with Crippen LogP contribution in [-0.4, -0.2) is 52.2 Å². The summed E-state index contributed by atoms with van der Waals surface area (Å²) >= 11 is 0.977. The number of hydrogen-bond acceptors (Lipinski definition) is 8. The molecular formula is C17H19N5O2S2. The quantitative estimate of drug-likeness (QED) is 0.676. The van der Waals surface area contributed by atoms with Crippen LogP contribution in [0.25, 0.3) is 11.0 Å². The van der Waals surface area contributed by atoms with Gasteiger partial charge in [0.15, 0.2) is 14.0 Å². The van der Waals surface area contributed by atoms with E-state index in [0.717, 1.165) is 55.0 Å². The molecule has 0 saturated carbocycles. The van der Waals surface area contributed by atoms with Crippen LogP contribution in [0.5, 0.6) is 0 Å². The van der Waals surface area contributed by atoms with E-state index in [1.807, 2.05) is 12.1 Å². The maximum atomic E-state index is 11.9. The zero-order chi connectivity index (χ0) is 18.1. The standard InChI is InChI=1S/C17H19N5O2S2/c1-26(23,24)17-16(20-21-25-17)12-5-9-22(10-6-12)11-13-3-2-4-14-15(13)19-8-7-18-14/h2-4,7-8,12H,5-6,9-11H2,1H3. The minimum Gasteiger partial charge on any atom is -0.299 e. The maximum absolute atomic E-state index is 11.9. The lowest BCUT2D eigenvalue weighted by atomic mass is 9.94. The molecule has 0 amide bonds. The van der Waals surface area contributed by atoms with Gasteiger partial charge in [-0.25, -0.2) is 8.42 Å². The molecule has 136 valence electrons. The normalized spacial score (nSPS) is 17.0. The van der Waals surface area contributed by atoms with E-state index in [9.17, 15) is 8.42 Å². The highest BCUT2D eigenvalue weighted by molar-refractivity contribution is 7.92. The molecule has 1 fully saturated rings. The molecule has 9 heteroatoms. The second kappa shape index (κ2) is 6.98. The lowest BCUT2D eigenvalue weighted by molar-refractivity contribution is 0.203. The van der Waals surface area contributed by atoms with Crippen LogP contribution < -0.4 is 0 Å². The van der Waals surface area contributed by atoms with Gasteiger partial charge >= 0.3 is 0 Å². The molecule has 26 heavy (non-hydrogen) atoms. The number of nitrogens with zero attached hydrogens (tertiary/aromatic N) is 5. The topological polar surface area (TPSA) is 88.9 Å². The molecule has 3 heterocycles. The summed E-state index contributed by atoms with van der Waals surface area (Å²) in [4.78, 5) is 11.2. The van der Waals surface area contributed by atoms with E-state index in [0.29, 0.717) is 9.90 Å². The van der Waals surface area contributed by atoms with Crippen LogP contribution in [0.15, 0.2) is 34.8 Å². The number of aromatic nitrogens is 4. The molecule has 7 nitrogen and oxygen atoms in total. The summed E-state index contributed by atoms with van der Waals surface area (Å²) < 4.78 is 28.0. The minimum absolute atomic E-state index is 0.155. The number of fused-ring (bicyclic) bond motifs is 1. The summed E-state index contributed by atoms with van der Waals surface area (Å²) in [5.74, 6) is 0.155. The lowest BCUT2D eigenvalue weighted by Crippen LogP contribution is -2.33. The highest BCUT2D eigenvalue weighted by Gasteiger charge is 2.28. The van der Waals surface area contributed by atoms with E-state index in [1.165, 1.54) is 11.8 Å². The van der Waals surface area contributed by atoms with Crippen LogP contribution in [-0.2, 0) is 16.4 Å².